The highest BCUT2D eigenvalue weighted by Crippen LogP contribution is 2.34. The van der Waals surface area contributed by atoms with Gasteiger partial charge in [0, 0.05) is 23.5 Å². The third kappa shape index (κ3) is 4.39. The van der Waals surface area contributed by atoms with Gasteiger partial charge >= 0.3 is 0 Å². The van der Waals surface area contributed by atoms with Crippen LogP contribution in [-0.2, 0) is 0 Å². The number of ether oxygens (including phenoxy) is 2. The maximum absolute atomic E-state index is 15.0. The molecule has 35 heavy (non-hydrogen) atoms. The topological polar surface area (TPSA) is 94.1 Å². The van der Waals surface area contributed by atoms with Crippen molar-refractivity contribution < 1.29 is 18.7 Å². The number of anilines is 1. The molecule has 0 bridgehead atoms. The van der Waals surface area contributed by atoms with E-state index in [2.05, 4.69) is 20.5 Å². The van der Waals surface area contributed by atoms with Crippen LogP contribution in [0.3, 0.4) is 0 Å². The molecule has 0 saturated heterocycles. The Morgan fingerprint density at radius 2 is 1.86 bits per heavy atom. The second-order valence-corrected chi connectivity index (χ2v) is 7.49. The fourth-order valence-electron chi connectivity index (χ4n) is 3.81. The fraction of sp³-hybridized carbons (Fsp3) is 0.0417. The molecule has 11 heteroatoms. The number of carbonyl (C=O) groups excluding carboxylic acids is 1. The van der Waals surface area contributed by atoms with Crippen molar-refractivity contribution in [2.24, 2.45) is 0 Å². The number of nitrogens with one attached hydrogen (secondary N) is 2. The molecular formula is C24H18Cl2FN5O3. The molecule has 0 atom stereocenters. The third-order valence-electron chi connectivity index (χ3n) is 5.48. The molecule has 0 fully saturated rings. The molecule has 3 aromatic carbocycles. The smallest absolute Gasteiger partial charge is 0.258 e. The summed E-state index contributed by atoms with van der Waals surface area (Å²) in [6.07, 6.45) is 5.16. The number of rotatable bonds is 4. The number of aromatic nitrogens is 4. The first-order valence-electron chi connectivity index (χ1n) is 10.1. The van der Waals surface area contributed by atoms with Gasteiger partial charge in [0.1, 0.15) is 12.1 Å². The number of amides is 1. The van der Waals surface area contributed by atoms with Crippen molar-refractivity contribution in [3.63, 3.8) is 0 Å². The molecule has 2 aromatic heterocycles. The Kier molecular flexibility index (Phi) is 6.63. The Hall–Kier alpha value is -4.08. The van der Waals surface area contributed by atoms with Gasteiger partial charge in [-0.3, -0.25) is 14.5 Å². The van der Waals surface area contributed by atoms with E-state index in [0.29, 0.717) is 22.9 Å². The maximum Gasteiger partial charge on any atom is 0.258 e. The van der Waals surface area contributed by atoms with E-state index in [1.807, 2.05) is 18.2 Å². The molecule has 1 amide bonds. The van der Waals surface area contributed by atoms with Crippen molar-refractivity contribution >= 4 is 47.4 Å². The predicted molar refractivity (Wildman–Crippen MR) is 134 cm³/mol. The zero-order valence-electron chi connectivity index (χ0n) is 17.9. The van der Waals surface area contributed by atoms with Gasteiger partial charge in [-0.25, -0.2) is 9.37 Å². The van der Waals surface area contributed by atoms with E-state index in [0.717, 1.165) is 22.2 Å². The van der Waals surface area contributed by atoms with E-state index in [1.54, 1.807) is 47.6 Å². The van der Waals surface area contributed by atoms with Crippen molar-refractivity contribution in [1.29, 1.82) is 0 Å². The Labute approximate surface area is 210 Å². The lowest BCUT2D eigenvalue weighted by Gasteiger charge is -2.10. The van der Waals surface area contributed by atoms with E-state index < -0.39 is 11.7 Å². The number of fused-ring (bicyclic) bond motifs is 2. The Balaban J connectivity index is 0.00000144. The second-order valence-electron chi connectivity index (χ2n) is 7.49. The lowest BCUT2D eigenvalue weighted by molar-refractivity contribution is 0.102. The number of halogens is 3. The van der Waals surface area contributed by atoms with Crippen LogP contribution in [0.4, 0.5) is 10.1 Å². The highest BCUT2D eigenvalue weighted by atomic mass is 35.5. The molecule has 0 aliphatic carbocycles. The van der Waals surface area contributed by atoms with E-state index in [1.165, 1.54) is 12.1 Å². The van der Waals surface area contributed by atoms with Crippen LogP contribution in [0.1, 0.15) is 10.4 Å². The Morgan fingerprint density at radius 1 is 1.00 bits per heavy atom. The zero-order valence-corrected chi connectivity index (χ0v) is 19.5. The minimum Gasteiger partial charge on any atom is -0.454 e. The summed E-state index contributed by atoms with van der Waals surface area (Å²) in [4.78, 5) is 17.1. The summed E-state index contributed by atoms with van der Waals surface area (Å²) >= 11 is 0. The number of hydrogen-bond donors (Lipinski definition) is 2. The SMILES string of the molecule is Cl.Cl.O=C(Nc1ccc2c(c1)OCO2)c1ccc(-n2cnc3ccc(-c4cn[nH]c4)cc32)cc1F. The third-order valence-corrected chi connectivity index (χ3v) is 5.48. The van der Waals surface area contributed by atoms with Gasteiger partial charge in [-0.05, 0) is 48.0 Å². The van der Waals surface area contributed by atoms with Crippen LogP contribution in [0.2, 0.25) is 0 Å². The van der Waals surface area contributed by atoms with Crippen molar-refractivity contribution in [1.82, 2.24) is 19.7 Å². The molecule has 0 radical (unpaired) electrons. The molecule has 1 aliphatic rings. The molecule has 0 spiro atoms. The van der Waals surface area contributed by atoms with Crippen LogP contribution in [0.15, 0.2) is 73.3 Å². The van der Waals surface area contributed by atoms with Crippen LogP contribution in [0, 0.1) is 5.82 Å². The average Bonchev–Trinajstić information content (AvgIpc) is 3.58. The Morgan fingerprint density at radius 3 is 2.66 bits per heavy atom. The summed E-state index contributed by atoms with van der Waals surface area (Å²) in [5.74, 6) is -0.0633. The van der Waals surface area contributed by atoms with Crippen molar-refractivity contribution in [2.45, 2.75) is 0 Å². The summed E-state index contributed by atoms with van der Waals surface area (Å²) in [5.41, 5.74) is 4.45. The number of benzene rings is 3. The van der Waals surface area contributed by atoms with Crippen molar-refractivity contribution in [2.75, 3.05) is 12.1 Å². The zero-order chi connectivity index (χ0) is 22.4. The molecule has 6 rings (SSSR count). The van der Waals surface area contributed by atoms with E-state index >= 15 is 0 Å². The van der Waals surface area contributed by atoms with E-state index in [9.17, 15) is 9.18 Å². The lowest BCUT2D eigenvalue weighted by atomic mass is 10.1. The first kappa shape index (κ1) is 24.1. The van der Waals surface area contributed by atoms with E-state index in [-0.39, 0.29) is 37.2 Å². The van der Waals surface area contributed by atoms with Crippen LogP contribution >= 0.6 is 24.8 Å². The molecule has 1 aliphatic heterocycles. The molecule has 0 saturated carbocycles. The van der Waals surface area contributed by atoms with Crippen LogP contribution < -0.4 is 14.8 Å². The minimum absolute atomic E-state index is 0. The van der Waals surface area contributed by atoms with E-state index in [4.69, 9.17) is 9.47 Å². The van der Waals surface area contributed by atoms with Gasteiger partial charge in [-0.15, -0.1) is 24.8 Å². The van der Waals surface area contributed by atoms with Gasteiger partial charge < -0.3 is 14.8 Å². The van der Waals surface area contributed by atoms with Gasteiger partial charge in [0.05, 0.1) is 28.5 Å². The summed E-state index contributed by atoms with van der Waals surface area (Å²) < 4.78 is 27.3. The largest absolute Gasteiger partial charge is 0.454 e. The van der Waals surface area contributed by atoms with Crippen molar-refractivity contribution in [3.8, 4) is 28.3 Å². The van der Waals surface area contributed by atoms with Gasteiger partial charge in [-0.1, -0.05) is 6.07 Å². The minimum atomic E-state index is -0.640. The summed E-state index contributed by atoms with van der Waals surface area (Å²) in [7, 11) is 0. The van der Waals surface area contributed by atoms with Crippen LogP contribution in [0.25, 0.3) is 27.8 Å². The number of H-pyrrole nitrogens is 1. The maximum atomic E-state index is 15.0. The Bertz CT molecular complexity index is 1520. The van der Waals surface area contributed by atoms with Gasteiger partial charge in [0.25, 0.3) is 5.91 Å². The second kappa shape index (κ2) is 9.65. The molecule has 0 unspecified atom stereocenters. The van der Waals surface area contributed by atoms with Gasteiger partial charge in [0.15, 0.2) is 11.5 Å². The normalized spacial score (nSPS) is 11.6. The average molecular weight is 514 g/mol. The number of hydrogen-bond acceptors (Lipinski definition) is 5. The van der Waals surface area contributed by atoms with Crippen LogP contribution in [-0.4, -0.2) is 32.4 Å². The summed E-state index contributed by atoms with van der Waals surface area (Å²) in [5, 5.41) is 9.47. The number of carbonyl (C=O) groups is 1. The van der Waals surface area contributed by atoms with Gasteiger partial charge in [0.2, 0.25) is 6.79 Å². The summed E-state index contributed by atoms with van der Waals surface area (Å²) in [6, 6.07) is 15.3. The fourth-order valence-corrected chi connectivity index (χ4v) is 3.81. The standard InChI is InChI=1S/C24H16FN5O3.2ClH/c25-19-9-17(30-12-26-20-5-1-14(7-21(20)30)15-10-27-28-11-15)3-4-18(19)24(31)29-16-2-6-22-23(8-16)33-13-32-22;;/h1-12H,13H2,(H,27,28)(H,29,31);2*1H. The highest BCUT2D eigenvalue weighted by molar-refractivity contribution is 6.04. The quantitative estimate of drug-likeness (QED) is 0.336. The monoisotopic (exact) mass is 513 g/mol. The molecule has 5 aromatic rings. The van der Waals surface area contributed by atoms with Gasteiger partial charge in [-0.2, -0.15) is 5.10 Å². The molecular weight excluding hydrogens is 496 g/mol. The number of imidazole rings is 1. The molecule has 2 N–H and O–H groups in total. The highest BCUT2D eigenvalue weighted by Gasteiger charge is 2.17. The first-order chi connectivity index (χ1) is 16.2. The predicted octanol–water partition coefficient (Wildman–Crippen LogP) is 5.38. The number of nitrogens with zero attached hydrogens (tertiary/aromatic N) is 3. The molecule has 3 heterocycles. The number of aromatic amines is 1. The van der Waals surface area contributed by atoms with Crippen molar-refractivity contribution in [3.05, 3.63) is 84.7 Å². The van der Waals surface area contributed by atoms with Crippen LogP contribution in [0.5, 0.6) is 11.5 Å². The molecule has 178 valence electrons. The lowest BCUT2D eigenvalue weighted by Crippen LogP contribution is -2.14. The summed E-state index contributed by atoms with van der Waals surface area (Å²) in [6.45, 7) is 0.134. The molecule has 8 nitrogen and oxygen atoms in total. The first-order valence-corrected chi connectivity index (χ1v) is 10.1.